The first-order valence-corrected chi connectivity index (χ1v) is 14.8. The van der Waals surface area contributed by atoms with E-state index in [1.54, 1.807) is 72.8 Å². The molecule has 0 heterocycles. The van der Waals surface area contributed by atoms with Gasteiger partial charge in [-0.05, 0) is 85.6 Å². The SMILES string of the molecule is Cc1ccc(S(=O)(=O)N(Cc2ccc(Cl)cc2)c2ccc(OCC(=O)N[C@H](C)c3cccc(Br)c3)cc2)cc1. The molecule has 9 heteroatoms. The predicted molar refractivity (Wildman–Crippen MR) is 159 cm³/mol. The zero-order valence-corrected chi connectivity index (χ0v) is 24.6. The van der Waals surface area contributed by atoms with Crippen LogP contribution in [0, 0.1) is 6.92 Å². The van der Waals surface area contributed by atoms with Crippen LogP contribution < -0.4 is 14.4 Å². The fourth-order valence-electron chi connectivity index (χ4n) is 3.91. The highest BCUT2D eigenvalue weighted by Gasteiger charge is 2.25. The van der Waals surface area contributed by atoms with Gasteiger partial charge in [-0.2, -0.15) is 0 Å². The molecular formula is C30H28BrClN2O4S. The van der Waals surface area contributed by atoms with Gasteiger partial charge in [0.2, 0.25) is 0 Å². The molecule has 0 saturated carbocycles. The number of nitrogens with zero attached hydrogens (tertiary/aromatic N) is 1. The van der Waals surface area contributed by atoms with E-state index in [9.17, 15) is 13.2 Å². The fraction of sp³-hybridized carbons (Fsp3) is 0.167. The number of anilines is 1. The molecule has 1 N–H and O–H groups in total. The lowest BCUT2D eigenvalue weighted by Crippen LogP contribution is -2.31. The highest BCUT2D eigenvalue weighted by Crippen LogP contribution is 2.28. The average molecular weight is 628 g/mol. The van der Waals surface area contributed by atoms with Crippen molar-refractivity contribution in [1.82, 2.24) is 5.32 Å². The number of rotatable bonds is 10. The zero-order valence-electron chi connectivity index (χ0n) is 21.5. The van der Waals surface area contributed by atoms with E-state index in [1.165, 1.54) is 4.31 Å². The van der Waals surface area contributed by atoms with Crippen LogP contribution in [-0.2, 0) is 21.4 Å². The Bertz CT molecular complexity index is 1530. The van der Waals surface area contributed by atoms with Crippen LogP contribution in [0.5, 0.6) is 5.75 Å². The average Bonchev–Trinajstić information content (AvgIpc) is 2.92. The Morgan fingerprint density at radius 2 is 1.64 bits per heavy atom. The van der Waals surface area contributed by atoms with Crippen molar-refractivity contribution in [2.75, 3.05) is 10.9 Å². The number of carbonyl (C=O) groups is 1. The molecule has 39 heavy (non-hydrogen) atoms. The van der Waals surface area contributed by atoms with Gasteiger partial charge in [0.1, 0.15) is 5.75 Å². The summed E-state index contributed by atoms with van der Waals surface area (Å²) in [5.41, 5.74) is 3.18. The predicted octanol–water partition coefficient (Wildman–Crippen LogP) is 7.06. The standard InChI is InChI=1S/C30H28BrClN2O4S/c1-21-6-16-29(17-7-21)39(36,37)34(19-23-8-10-26(32)11-9-23)27-12-14-28(15-13-27)38-20-30(35)33-22(2)24-4-3-5-25(31)18-24/h3-18,22H,19-20H2,1-2H3,(H,33,35)/t22-/m1/s1. The summed E-state index contributed by atoms with van der Waals surface area (Å²) in [5.74, 6) is 0.182. The molecule has 4 rings (SSSR count). The minimum atomic E-state index is -3.87. The molecule has 1 atom stereocenters. The molecule has 0 saturated heterocycles. The van der Waals surface area contributed by atoms with Gasteiger partial charge in [0.25, 0.3) is 15.9 Å². The van der Waals surface area contributed by atoms with Crippen LogP contribution in [0.2, 0.25) is 5.02 Å². The third-order valence-corrected chi connectivity index (χ3v) is 8.60. The summed E-state index contributed by atoms with van der Waals surface area (Å²) in [5, 5.41) is 3.49. The molecule has 4 aromatic rings. The molecule has 1 amide bonds. The van der Waals surface area contributed by atoms with Gasteiger partial charge in [-0.1, -0.05) is 69.5 Å². The largest absolute Gasteiger partial charge is 0.484 e. The van der Waals surface area contributed by atoms with Crippen LogP contribution in [0.4, 0.5) is 5.69 Å². The molecule has 0 unspecified atom stereocenters. The third kappa shape index (κ3) is 7.62. The number of aryl methyl sites for hydroxylation is 1. The number of nitrogens with one attached hydrogen (secondary N) is 1. The van der Waals surface area contributed by atoms with Crippen LogP contribution in [0.25, 0.3) is 0 Å². The van der Waals surface area contributed by atoms with Gasteiger partial charge >= 0.3 is 0 Å². The Kier molecular flexibility index (Phi) is 9.32. The summed E-state index contributed by atoms with van der Waals surface area (Å²) in [6, 6.07) is 28.0. The van der Waals surface area contributed by atoms with Crippen molar-refractivity contribution in [2.45, 2.75) is 31.3 Å². The molecule has 0 spiro atoms. The number of benzene rings is 4. The summed E-state index contributed by atoms with van der Waals surface area (Å²) >= 11 is 9.46. The molecule has 0 radical (unpaired) electrons. The van der Waals surface area contributed by atoms with Crippen LogP contribution in [0.1, 0.15) is 29.7 Å². The van der Waals surface area contributed by atoms with Gasteiger partial charge in [0, 0.05) is 9.50 Å². The number of hydrogen-bond acceptors (Lipinski definition) is 4. The molecule has 6 nitrogen and oxygen atoms in total. The summed E-state index contributed by atoms with van der Waals surface area (Å²) in [6.07, 6.45) is 0. The van der Waals surface area contributed by atoms with Gasteiger partial charge in [-0.25, -0.2) is 8.42 Å². The Morgan fingerprint density at radius 3 is 2.28 bits per heavy atom. The lowest BCUT2D eigenvalue weighted by Gasteiger charge is -2.25. The van der Waals surface area contributed by atoms with Crippen molar-refractivity contribution in [2.24, 2.45) is 0 Å². The normalized spacial score (nSPS) is 12.0. The van der Waals surface area contributed by atoms with E-state index in [1.807, 2.05) is 38.1 Å². The molecule has 4 aromatic carbocycles. The summed E-state index contributed by atoms with van der Waals surface area (Å²) in [4.78, 5) is 12.6. The number of ether oxygens (including phenoxy) is 1. The summed E-state index contributed by atoms with van der Waals surface area (Å²) in [7, 11) is -3.87. The summed E-state index contributed by atoms with van der Waals surface area (Å²) < 4.78 is 35.3. The maximum Gasteiger partial charge on any atom is 0.264 e. The Hall–Kier alpha value is -3.33. The monoisotopic (exact) mass is 626 g/mol. The van der Waals surface area contributed by atoms with Crippen molar-refractivity contribution in [3.63, 3.8) is 0 Å². The van der Waals surface area contributed by atoms with Crippen molar-refractivity contribution < 1.29 is 17.9 Å². The Balaban J connectivity index is 1.48. The first-order valence-electron chi connectivity index (χ1n) is 12.2. The zero-order chi connectivity index (χ0) is 28.0. The third-order valence-electron chi connectivity index (χ3n) is 6.07. The molecule has 0 fully saturated rings. The van der Waals surface area contributed by atoms with E-state index < -0.39 is 10.0 Å². The van der Waals surface area contributed by atoms with Gasteiger partial charge in [0.15, 0.2) is 6.61 Å². The lowest BCUT2D eigenvalue weighted by atomic mass is 10.1. The minimum absolute atomic E-state index is 0.115. The highest BCUT2D eigenvalue weighted by atomic mass is 79.9. The molecular weight excluding hydrogens is 600 g/mol. The van der Waals surface area contributed by atoms with Crippen LogP contribution in [0.3, 0.4) is 0 Å². The van der Waals surface area contributed by atoms with E-state index >= 15 is 0 Å². The molecule has 0 aromatic heterocycles. The highest BCUT2D eigenvalue weighted by molar-refractivity contribution is 9.10. The van der Waals surface area contributed by atoms with E-state index in [0.717, 1.165) is 21.2 Å². The van der Waals surface area contributed by atoms with Crippen LogP contribution >= 0.6 is 27.5 Å². The summed E-state index contributed by atoms with van der Waals surface area (Å²) in [6.45, 7) is 3.75. The molecule has 0 aliphatic carbocycles. The van der Waals surface area contributed by atoms with E-state index in [0.29, 0.717) is 16.5 Å². The number of halogens is 2. The van der Waals surface area contributed by atoms with Gasteiger partial charge in [-0.3, -0.25) is 9.10 Å². The van der Waals surface area contributed by atoms with E-state index in [-0.39, 0.29) is 30.0 Å². The minimum Gasteiger partial charge on any atom is -0.484 e. The van der Waals surface area contributed by atoms with Crippen LogP contribution in [-0.4, -0.2) is 20.9 Å². The van der Waals surface area contributed by atoms with Gasteiger partial charge in [0.05, 0.1) is 23.2 Å². The maximum absolute atomic E-state index is 13.7. The molecule has 0 bridgehead atoms. The topological polar surface area (TPSA) is 75.7 Å². The van der Waals surface area contributed by atoms with Crippen molar-refractivity contribution in [3.05, 3.63) is 123 Å². The number of hydrogen-bond donors (Lipinski definition) is 1. The van der Waals surface area contributed by atoms with Gasteiger partial charge < -0.3 is 10.1 Å². The van der Waals surface area contributed by atoms with Crippen molar-refractivity contribution >= 4 is 49.1 Å². The Labute approximate surface area is 242 Å². The fourth-order valence-corrected chi connectivity index (χ4v) is 5.90. The number of sulfonamides is 1. The number of carbonyl (C=O) groups excluding carboxylic acids is 1. The van der Waals surface area contributed by atoms with Crippen molar-refractivity contribution in [1.29, 1.82) is 0 Å². The van der Waals surface area contributed by atoms with Gasteiger partial charge in [-0.15, -0.1) is 0 Å². The molecule has 0 aliphatic rings. The second kappa shape index (κ2) is 12.7. The first kappa shape index (κ1) is 28.7. The van der Waals surface area contributed by atoms with E-state index in [4.69, 9.17) is 16.3 Å². The lowest BCUT2D eigenvalue weighted by molar-refractivity contribution is -0.123. The first-order chi connectivity index (χ1) is 18.6. The maximum atomic E-state index is 13.7. The van der Waals surface area contributed by atoms with E-state index in [2.05, 4.69) is 21.2 Å². The van der Waals surface area contributed by atoms with Crippen molar-refractivity contribution in [3.8, 4) is 5.75 Å². The van der Waals surface area contributed by atoms with Crippen LogP contribution in [0.15, 0.2) is 106 Å². The number of amides is 1. The molecule has 202 valence electrons. The quantitative estimate of drug-likeness (QED) is 0.204. The molecule has 0 aliphatic heterocycles. The Morgan fingerprint density at radius 1 is 0.974 bits per heavy atom. The smallest absolute Gasteiger partial charge is 0.264 e. The second-order valence-electron chi connectivity index (χ2n) is 9.08. The second-order valence-corrected chi connectivity index (χ2v) is 12.3.